The van der Waals surface area contributed by atoms with Crippen LogP contribution in [0.15, 0.2) is 24.3 Å². The van der Waals surface area contributed by atoms with Crippen molar-refractivity contribution in [3.8, 4) is 0 Å². The van der Waals surface area contributed by atoms with Gasteiger partial charge in [0.2, 0.25) is 0 Å². The van der Waals surface area contributed by atoms with E-state index in [-0.39, 0.29) is 5.56 Å². The molecule has 1 fully saturated rings. The average molecular weight is 267 g/mol. The topological polar surface area (TPSA) is 110 Å². The van der Waals surface area contributed by atoms with Crippen LogP contribution in [0.5, 0.6) is 0 Å². The average Bonchev–Trinajstić information content (AvgIpc) is 2.40. The van der Waals surface area contributed by atoms with E-state index in [1.165, 1.54) is 6.07 Å². The van der Waals surface area contributed by atoms with E-state index in [0.29, 0.717) is 18.7 Å². The molecular formula is C13H17NO5. The SMILES string of the molecule is Nc1ccccc1C(=O)O.O=C(O)C1CCCCO1. The molecule has 1 saturated heterocycles. The molecule has 104 valence electrons. The van der Waals surface area contributed by atoms with E-state index in [2.05, 4.69) is 0 Å². The van der Waals surface area contributed by atoms with Gasteiger partial charge in [0.15, 0.2) is 6.10 Å². The van der Waals surface area contributed by atoms with Gasteiger partial charge in [-0.1, -0.05) is 12.1 Å². The first-order valence-corrected chi connectivity index (χ1v) is 5.94. The van der Waals surface area contributed by atoms with Crippen LogP contribution in [0.3, 0.4) is 0 Å². The standard InChI is InChI=1S/C7H7NO2.C6H10O3/c8-6-4-2-1-3-5(6)7(9)10;7-6(8)5-3-1-2-4-9-5/h1-4H,8H2,(H,9,10);5H,1-4H2,(H,7,8). The number of hydrogen-bond acceptors (Lipinski definition) is 4. The Morgan fingerprint density at radius 3 is 2.26 bits per heavy atom. The minimum atomic E-state index is -0.988. The molecule has 1 atom stereocenters. The van der Waals surface area contributed by atoms with E-state index in [4.69, 9.17) is 20.7 Å². The minimum Gasteiger partial charge on any atom is -0.479 e. The second kappa shape index (κ2) is 7.38. The van der Waals surface area contributed by atoms with Crippen molar-refractivity contribution in [2.75, 3.05) is 12.3 Å². The summed E-state index contributed by atoms with van der Waals surface area (Å²) in [7, 11) is 0. The van der Waals surface area contributed by atoms with Gasteiger partial charge in [0.25, 0.3) is 0 Å². The van der Waals surface area contributed by atoms with E-state index in [0.717, 1.165) is 12.8 Å². The number of hydrogen-bond donors (Lipinski definition) is 3. The van der Waals surface area contributed by atoms with E-state index in [1.807, 2.05) is 0 Å². The van der Waals surface area contributed by atoms with Crippen molar-refractivity contribution in [1.82, 2.24) is 0 Å². The lowest BCUT2D eigenvalue weighted by atomic mass is 10.1. The van der Waals surface area contributed by atoms with Gasteiger partial charge in [-0.25, -0.2) is 9.59 Å². The lowest BCUT2D eigenvalue weighted by Gasteiger charge is -2.17. The molecule has 4 N–H and O–H groups in total. The first-order chi connectivity index (χ1) is 9.02. The van der Waals surface area contributed by atoms with E-state index < -0.39 is 18.0 Å². The summed E-state index contributed by atoms with van der Waals surface area (Å²) in [5.41, 5.74) is 5.80. The van der Waals surface area contributed by atoms with E-state index >= 15 is 0 Å². The van der Waals surface area contributed by atoms with E-state index in [9.17, 15) is 9.59 Å². The van der Waals surface area contributed by atoms with Crippen LogP contribution in [0.1, 0.15) is 29.6 Å². The van der Waals surface area contributed by atoms with Gasteiger partial charge in [0, 0.05) is 12.3 Å². The van der Waals surface area contributed by atoms with Crippen LogP contribution in [0.25, 0.3) is 0 Å². The first kappa shape index (κ1) is 15.0. The highest BCUT2D eigenvalue weighted by atomic mass is 16.5. The second-order valence-corrected chi connectivity index (χ2v) is 4.09. The number of benzene rings is 1. The number of carboxylic acid groups (broad SMARTS) is 2. The highest BCUT2D eigenvalue weighted by Crippen LogP contribution is 2.12. The normalized spacial score (nSPS) is 18.0. The van der Waals surface area contributed by atoms with Gasteiger partial charge in [-0.3, -0.25) is 0 Å². The molecule has 0 saturated carbocycles. The van der Waals surface area contributed by atoms with Gasteiger partial charge >= 0.3 is 11.9 Å². The zero-order valence-electron chi connectivity index (χ0n) is 10.4. The summed E-state index contributed by atoms with van der Waals surface area (Å²) in [6, 6.07) is 6.36. The molecule has 1 unspecified atom stereocenters. The minimum absolute atomic E-state index is 0.155. The molecule has 2 rings (SSSR count). The summed E-state index contributed by atoms with van der Waals surface area (Å²) < 4.78 is 4.94. The smallest absolute Gasteiger partial charge is 0.337 e. The fourth-order valence-electron chi connectivity index (χ4n) is 1.63. The maximum Gasteiger partial charge on any atom is 0.337 e. The fraction of sp³-hybridized carbons (Fsp3) is 0.385. The summed E-state index contributed by atoms with van der Waals surface area (Å²) in [5, 5.41) is 16.9. The molecule has 1 heterocycles. The molecule has 0 radical (unpaired) electrons. The summed E-state index contributed by atoms with van der Waals surface area (Å²) >= 11 is 0. The second-order valence-electron chi connectivity index (χ2n) is 4.09. The van der Waals surface area contributed by atoms with Crippen molar-refractivity contribution >= 4 is 17.6 Å². The summed E-state index contributed by atoms with van der Waals surface area (Å²) in [4.78, 5) is 20.6. The van der Waals surface area contributed by atoms with Gasteiger partial charge < -0.3 is 20.7 Å². The Morgan fingerprint density at radius 1 is 1.21 bits per heavy atom. The molecule has 6 heteroatoms. The molecule has 0 bridgehead atoms. The van der Waals surface area contributed by atoms with Crippen LogP contribution >= 0.6 is 0 Å². The zero-order valence-corrected chi connectivity index (χ0v) is 10.4. The summed E-state index contributed by atoms with van der Waals surface area (Å²) in [5.74, 6) is -1.81. The number of anilines is 1. The number of aliphatic carboxylic acids is 1. The molecule has 0 aliphatic carbocycles. The summed E-state index contributed by atoms with van der Waals surface area (Å²) in [6.07, 6.45) is 2.13. The molecule has 0 amide bonds. The highest BCUT2D eigenvalue weighted by Gasteiger charge is 2.20. The monoisotopic (exact) mass is 267 g/mol. The van der Waals surface area contributed by atoms with Gasteiger partial charge in [0.05, 0.1) is 5.56 Å². The number of nitrogens with two attached hydrogens (primary N) is 1. The lowest BCUT2D eigenvalue weighted by molar-refractivity contribution is -0.153. The predicted octanol–water partition coefficient (Wildman–Crippen LogP) is 1.61. The maximum absolute atomic E-state index is 10.3. The van der Waals surface area contributed by atoms with Crippen molar-refractivity contribution in [2.24, 2.45) is 0 Å². The van der Waals surface area contributed by atoms with Crippen LogP contribution < -0.4 is 5.73 Å². The third-order valence-electron chi connectivity index (χ3n) is 2.65. The van der Waals surface area contributed by atoms with Gasteiger partial charge in [-0.15, -0.1) is 0 Å². The predicted molar refractivity (Wildman–Crippen MR) is 69.0 cm³/mol. The molecule has 1 aliphatic rings. The Morgan fingerprint density at radius 2 is 1.89 bits per heavy atom. The van der Waals surface area contributed by atoms with Crippen molar-refractivity contribution in [3.63, 3.8) is 0 Å². The van der Waals surface area contributed by atoms with Crippen molar-refractivity contribution in [1.29, 1.82) is 0 Å². The van der Waals surface area contributed by atoms with Crippen LogP contribution in [0, 0.1) is 0 Å². The number of aromatic carboxylic acids is 1. The third-order valence-corrected chi connectivity index (χ3v) is 2.65. The van der Waals surface area contributed by atoms with E-state index in [1.54, 1.807) is 18.2 Å². The molecule has 0 spiro atoms. The summed E-state index contributed by atoms with van der Waals surface area (Å²) in [6.45, 7) is 0.608. The lowest BCUT2D eigenvalue weighted by Crippen LogP contribution is -2.27. The molecule has 19 heavy (non-hydrogen) atoms. The first-order valence-electron chi connectivity index (χ1n) is 5.94. The zero-order chi connectivity index (χ0) is 14.3. The van der Waals surface area contributed by atoms with Crippen LogP contribution in [0.4, 0.5) is 5.69 Å². The van der Waals surface area contributed by atoms with Gasteiger partial charge in [-0.05, 0) is 31.4 Å². The van der Waals surface area contributed by atoms with Gasteiger partial charge in [-0.2, -0.15) is 0 Å². The molecule has 1 aromatic rings. The Hall–Kier alpha value is -2.08. The molecule has 1 aliphatic heterocycles. The number of carboxylic acids is 2. The Balaban J connectivity index is 0.000000191. The number of ether oxygens (including phenoxy) is 1. The van der Waals surface area contributed by atoms with Crippen LogP contribution in [0.2, 0.25) is 0 Å². The Labute approximate surface area is 110 Å². The van der Waals surface area contributed by atoms with Crippen LogP contribution in [-0.4, -0.2) is 34.9 Å². The van der Waals surface area contributed by atoms with Crippen molar-refractivity contribution in [2.45, 2.75) is 25.4 Å². The number of rotatable bonds is 2. The molecule has 1 aromatic carbocycles. The fourth-order valence-corrected chi connectivity index (χ4v) is 1.63. The highest BCUT2D eigenvalue weighted by molar-refractivity contribution is 5.93. The number of carbonyl (C=O) groups is 2. The number of para-hydroxylation sites is 1. The Kier molecular flexibility index (Phi) is 5.81. The van der Waals surface area contributed by atoms with Gasteiger partial charge in [0.1, 0.15) is 0 Å². The molecule has 6 nitrogen and oxygen atoms in total. The Bertz CT molecular complexity index is 440. The maximum atomic E-state index is 10.3. The van der Waals surface area contributed by atoms with Crippen molar-refractivity contribution < 1.29 is 24.5 Å². The molecular weight excluding hydrogens is 250 g/mol. The quantitative estimate of drug-likeness (QED) is 0.702. The van der Waals surface area contributed by atoms with Crippen LogP contribution in [-0.2, 0) is 9.53 Å². The third kappa shape index (κ3) is 4.97. The molecule has 0 aromatic heterocycles. The number of nitrogen functional groups attached to an aromatic ring is 1. The van der Waals surface area contributed by atoms with Crippen molar-refractivity contribution in [3.05, 3.63) is 29.8 Å². The largest absolute Gasteiger partial charge is 0.479 e.